The molecular formula is C13H8Cl2N2. The molecule has 0 N–H and O–H groups in total. The summed E-state index contributed by atoms with van der Waals surface area (Å²) in [5.74, 6) is 0. The van der Waals surface area contributed by atoms with Crippen molar-refractivity contribution in [3.05, 3.63) is 62.7 Å². The summed E-state index contributed by atoms with van der Waals surface area (Å²) < 4.78 is 0. The second-order valence-electron chi connectivity index (χ2n) is 3.81. The fraction of sp³-hybridized carbons (Fsp3) is 0.0769. The maximum atomic E-state index is 6.13. The van der Waals surface area contributed by atoms with Crippen molar-refractivity contribution in [1.82, 2.24) is 0 Å². The first kappa shape index (κ1) is 10.8. The molecule has 0 spiro atoms. The summed E-state index contributed by atoms with van der Waals surface area (Å²) in [5.41, 5.74) is 1.90. The highest BCUT2D eigenvalue weighted by molar-refractivity contribution is 6.31. The molecule has 2 aromatic rings. The monoisotopic (exact) mass is 262 g/mol. The summed E-state index contributed by atoms with van der Waals surface area (Å²) in [6.45, 7) is 0.601. The topological polar surface area (TPSA) is 24.7 Å². The van der Waals surface area contributed by atoms with Gasteiger partial charge in [0.1, 0.15) is 5.36 Å². The molecule has 2 aromatic carbocycles. The largest absolute Gasteiger partial charge is 0.278 e. The quantitative estimate of drug-likeness (QED) is 0.697. The van der Waals surface area contributed by atoms with Gasteiger partial charge in [0.15, 0.2) is 0 Å². The van der Waals surface area contributed by atoms with Crippen molar-refractivity contribution in [3.63, 3.8) is 0 Å². The second-order valence-corrected chi connectivity index (χ2v) is 4.65. The van der Waals surface area contributed by atoms with E-state index in [1.807, 2.05) is 36.4 Å². The van der Waals surface area contributed by atoms with Crippen LogP contribution in [0, 0.1) is 0 Å². The van der Waals surface area contributed by atoms with Crippen LogP contribution in [0.2, 0.25) is 10.0 Å². The number of para-hydroxylation sites is 1. The van der Waals surface area contributed by atoms with Crippen molar-refractivity contribution < 1.29 is 0 Å². The first-order valence-corrected chi connectivity index (χ1v) is 5.96. The van der Waals surface area contributed by atoms with E-state index in [9.17, 15) is 0 Å². The molecule has 0 saturated carbocycles. The van der Waals surface area contributed by atoms with Crippen molar-refractivity contribution in [2.24, 2.45) is 9.98 Å². The fourth-order valence-corrected chi connectivity index (χ4v) is 2.19. The van der Waals surface area contributed by atoms with Crippen LogP contribution >= 0.6 is 23.2 Å². The Balaban J connectivity index is 2.38. The highest BCUT2D eigenvalue weighted by Gasteiger charge is 2.06. The predicted molar refractivity (Wildman–Crippen MR) is 68.6 cm³/mol. The molecule has 0 radical (unpaired) electrons. The summed E-state index contributed by atoms with van der Waals surface area (Å²) in [4.78, 5) is 9.05. The van der Waals surface area contributed by atoms with Gasteiger partial charge < -0.3 is 0 Å². The number of hydrogen-bond acceptors (Lipinski definition) is 2. The summed E-state index contributed by atoms with van der Waals surface area (Å²) in [6, 6.07) is 11.2. The van der Waals surface area contributed by atoms with E-state index in [1.165, 1.54) is 0 Å². The third kappa shape index (κ3) is 1.94. The van der Waals surface area contributed by atoms with Crippen LogP contribution in [0.4, 0.5) is 5.69 Å². The van der Waals surface area contributed by atoms with Crippen LogP contribution in [-0.2, 0) is 6.54 Å². The number of benzene rings is 2. The minimum Gasteiger partial charge on any atom is -0.278 e. The Kier molecular flexibility index (Phi) is 2.61. The number of nitrogens with zero attached hydrogens (tertiary/aromatic N) is 2. The zero-order valence-electron chi connectivity index (χ0n) is 8.82. The molecule has 0 amide bonds. The van der Waals surface area contributed by atoms with Gasteiger partial charge in [-0.25, -0.2) is 4.99 Å². The highest BCUT2D eigenvalue weighted by atomic mass is 35.5. The maximum Gasteiger partial charge on any atom is 0.107 e. The fourth-order valence-electron chi connectivity index (χ4n) is 1.81. The molecule has 2 nitrogen and oxygen atoms in total. The van der Waals surface area contributed by atoms with Crippen LogP contribution in [0.1, 0.15) is 5.56 Å². The molecule has 0 aliphatic carbocycles. The molecule has 0 fully saturated rings. The second kappa shape index (κ2) is 4.13. The van der Waals surface area contributed by atoms with Gasteiger partial charge in [0.25, 0.3) is 0 Å². The molecule has 4 heteroatoms. The third-order valence-electron chi connectivity index (χ3n) is 2.66. The Labute approximate surface area is 108 Å². The molecule has 0 aromatic heterocycles. The summed E-state index contributed by atoms with van der Waals surface area (Å²) in [5, 5.41) is 2.82. The Morgan fingerprint density at radius 1 is 1.06 bits per heavy atom. The van der Waals surface area contributed by atoms with Crippen LogP contribution in [0.25, 0.3) is 0 Å². The van der Waals surface area contributed by atoms with Crippen LogP contribution < -0.4 is 10.7 Å². The van der Waals surface area contributed by atoms with Gasteiger partial charge in [0.2, 0.25) is 0 Å². The van der Waals surface area contributed by atoms with Gasteiger partial charge in [-0.1, -0.05) is 35.3 Å². The SMILES string of the molecule is Clc1ccc2c(c1)N=c1c(Cl)cccc1=NC2. The van der Waals surface area contributed by atoms with E-state index in [2.05, 4.69) is 9.98 Å². The van der Waals surface area contributed by atoms with Gasteiger partial charge in [-0.2, -0.15) is 0 Å². The molecular weight excluding hydrogens is 255 g/mol. The molecule has 84 valence electrons. The van der Waals surface area contributed by atoms with Crippen molar-refractivity contribution in [3.8, 4) is 0 Å². The highest BCUT2D eigenvalue weighted by Crippen LogP contribution is 2.24. The average molecular weight is 263 g/mol. The average Bonchev–Trinajstić information content (AvgIpc) is 2.49. The Morgan fingerprint density at radius 2 is 1.94 bits per heavy atom. The molecule has 0 bridgehead atoms. The minimum absolute atomic E-state index is 0.601. The van der Waals surface area contributed by atoms with Gasteiger partial charge in [-0.3, -0.25) is 4.99 Å². The lowest BCUT2D eigenvalue weighted by molar-refractivity contribution is 1.02. The maximum absolute atomic E-state index is 6.13. The number of hydrogen-bond donors (Lipinski definition) is 0. The van der Waals surface area contributed by atoms with E-state index in [0.717, 1.165) is 22.0 Å². The van der Waals surface area contributed by atoms with Gasteiger partial charge in [0, 0.05) is 5.02 Å². The molecule has 0 atom stereocenters. The summed E-state index contributed by atoms with van der Waals surface area (Å²) >= 11 is 12.1. The lowest BCUT2D eigenvalue weighted by Crippen LogP contribution is -2.25. The van der Waals surface area contributed by atoms with Crippen molar-refractivity contribution in [2.45, 2.75) is 6.54 Å². The summed E-state index contributed by atoms with van der Waals surface area (Å²) in [6.07, 6.45) is 0. The van der Waals surface area contributed by atoms with Crippen LogP contribution in [0.15, 0.2) is 46.4 Å². The first-order chi connectivity index (χ1) is 8.24. The van der Waals surface area contributed by atoms with Gasteiger partial charge in [-0.15, -0.1) is 0 Å². The van der Waals surface area contributed by atoms with Crippen LogP contribution in [0.5, 0.6) is 0 Å². The normalized spacial score (nSPS) is 12.8. The summed E-state index contributed by atoms with van der Waals surface area (Å²) in [7, 11) is 0. The Hall–Kier alpha value is -1.38. The minimum atomic E-state index is 0.601. The van der Waals surface area contributed by atoms with E-state index in [0.29, 0.717) is 16.6 Å². The molecule has 0 saturated heterocycles. The third-order valence-corrected chi connectivity index (χ3v) is 3.20. The predicted octanol–water partition coefficient (Wildman–Crippen LogP) is 3.08. The lowest BCUT2D eigenvalue weighted by atomic mass is 10.2. The molecule has 0 unspecified atom stereocenters. The molecule has 17 heavy (non-hydrogen) atoms. The van der Waals surface area contributed by atoms with Gasteiger partial charge >= 0.3 is 0 Å². The molecule has 1 heterocycles. The van der Waals surface area contributed by atoms with E-state index in [-0.39, 0.29) is 0 Å². The molecule has 3 rings (SSSR count). The standard InChI is InChI=1S/C13H8Cl2N2/c14-9-5-4-8-7-16-11-3-1-2-10(15)13(11)17-12(8)6-9/h1-6H,7H2. The van der Waals surface area contributed by atoms with Crippen molar-refractivity contribution in [2.75, 3.05) is 0 Å². The van der Waals surface area contributed by atoms with E-state index < -0.39 is 0 Å². The Morgan fingerprint density at radius 3 is 2.82 bits per heavy atom. The number of halogens is 2. The van der Waals surface area contributed by atoms with Gasteiger partial charge in [0.05, 0.1) is 22.6 Å². The van der Waals surface area contributed by atoms with E-state index >= 15 is 0 Å². The number of rotatable bonds is 0. The van der Waals surface area contributed by atoms with Crippen LogP contribution in [0.3, 0.4) is 0 Å². The number of fused-ring (bicyclic) bond motifs is 2. The lowest BCUT2D eigenvalue weighted by Gasteiger charge is -2.00. The molecule has 1 aliphatic heterocycles. The van der Waals surface area contributed by atoms with Crippen molar-refractivity contribution >= 4 is 28.9 Å². The van der Waals surface area contributed by atoms with Crippen molar-refractivity contribution in [1.29, 1.82) is 0 Å². The van der Waals surface area contributed by atoms with Crippen LogP contribution in [-0.4, -0.2) is 0 Å². The Bertz CT molecular complexity index is 708. The van der Waals surface area contributed by atoms with E-state index in [4.69, 9.17) is 23.2 Å². The van der Waals surface area contributed by atoms with Gasteiger partial charge in [-0.05, 0) is 29.8 Å². The zero-order valence-corrected chi connectivity index (χ0v) is 10.3. The van der Waals surface area contributed by atoms with E-state index in [1.54, 1.807) is 0 Å². The first-order valence-electron chi connectivity index (χ1n) is 5.20. The smallest absolute Gasteiger partial charge is 0.107 e. The zero-order chi connectivity index (χ0) is 11.8. The molecule has 1 aliphatic rings.